The van der Waals surface area contributed by atoms with Gasteiger partial charge in [-0.05, 0) is 17.9 Å². The highest BCUT2D eigenvalue weighted by molar-refractivity contribution is 5.35. The molecule has 2 atom stereocenters. The highest BCUT2D eigenvalue weighted by Crippen LogP contribution is 2.57. The Hall–Kier alpha value is -0.830. The Morgan fingerprint density at radius 1 is 1.54 bits per heavy atom. The molecule has 2 N–H and O–H groups in total. The van der Waals surface area contributed by atoms with Gasteiger partial charge < -0.3 is 5.73 Å². The Kier molecular flexibility index (Phi) is 1.58. The topological polar surface area (TPSA) is 43.8 Å². The molecule has 0 amide bonds. The van der Waals surface area contributed by atoms with Gasteiger partial charge in [0.25, 0.3) is 0 Å². The largest absolute Gasteiger partial charge is 0.327 e. The number of hydrogen-bond acceptors (Lipinski definition) is 2. The van der Waals surface area contributed by atoms with Crippen LogP contribution in [-0.4, -0.2) is 15.8 Å². The summed E-state index contributed by atoms with van der Waals surface area (Å²) in [5.41, 5.74) is 8.84. The van der Waals surface area contributed by atoms with E-state index in [1.807, 2.05) is 17.9 Å². The van der Waals surface area contributed by atoms with Gasteiger partial charge in [0.1, 0.15) is 0 Å². The van der Waals surface area contributed by atoms with Crippen LogP contribution in [0.3, 0.4) is 0 Å². The first-order valence-corrected chi connectivity index (χ1v) is 4.70. The number of hydrogen-bond donors (Lipinski definition) is 1. The van der Waals surface area contributed by atoms with E-state index in [2.05, 4.69) is 25.9 Å². The van der Waals surface area contributed by atoms with Gasteiger partial charge in [0.05, 0.1) is 6.20 Å². The minimum Gasteiger partial charge on any atom is -0.327 e. The maximum absolute atomic E-state index is 6.02. The molecule has 72 valence electrons. The first-order chi connectivity index (χ1) is 5.96. The summed E-state index contributed by atoms with van der Waals surface area (Å²) >= 11 is 0. The van der Waals surface area contributed by atoms with Gasteiger partial charge in [-0.25, -0.2) is 0 Å². The number of rotatable bonds is 1. The molecule has 1 heterocycles. The molecule has 0 bridgehead atoms. The van der Waals surface area contributed by atoms with Crippen LogP contribution in [0.5, 0.6) is 0 Å². The minimum atomic E-state index is 0.258. The molecule has 2 rings (SSSR count). The van der Waals surface area contributed by atoms with Gasteiger partial charge in [-0.2, -0.15) is 5.10 Å². The smallest absolute Gasteiger partial charge is 0.0528 e. The molecule has 3 nitrogen and oxygen atoms in total. The van der Waals surface area contributed by atoms with E-state index in [9.17, 15) is 0 Å². The Balaban J connectivity index is 2.34. The van der Waals surface area contributed by atoms with Gasteiger partial charge in [0, 0.05) is 24.7 Å². The minimum absolute atomic E-state index is 0.258. The Morgan fingerprint density at radius 3 is 2.38 bits per heavy atom. The van der Waals surface area contributed by atoms with Crippen molar-refractivity contribution in [2.45, 2.75) is 32.7 Å². The van der Waals surface area contributed by atoms with E-state index in [1.54, 1.807) is 0 Å². The van der Waals surface area contributed by atoms with Crippen LogP contribution < -0.4 is 5.73 Å². The van der Waals surface area contributed by atoms with Crippen molar-refractivity contribution in [1.82, 2.24) is 9.78 Å². The van der Waals surface area contributed by atoms with Crippen LogP contribution in [0.4, 0.5) is 0 Å². The fourth-order valence-electron chi connectivity index (χ4n) is 2.09. The van der Waals surface area contributed by atoms with Crippen LogP contribution >= 0.6 is 0 Å². The van der Waals surface area contributed by atoms with E-state index in [0.29, 0.717) is 12.0 Å². The van der Waals surface area contributed by atoms with Crippen molar-refractivity contribution < 1.29 is 0 Å². The number of nitrogens with two attached hydrogens (primary N) is 1. The van der Waals surface area contributed by atoms with E-state index >= 15 is 0 Å². The van der Waals surface area contributed by atoms with Crippen molar-refractivity contribution >= 4 is 0 Å². The molecule has 3 heteroatoms. The lowest BCUT2D eigenvalue weighted by Gasteiger charge is -2.01. The molecule has 0 aromatic carbocycles. The summed E-state index contributed by atoms with van der Waals surface area (Å²) in [7, 11) is 1.97. The van der Waals surface area contributed by atoms with Crippen molar-refractivity contribution in [3.05, 3.63) is 17.5 Å². The fourth-order valence-corrected chi connectivity index (χ4v) is 2.09. The van der Waals surface area contributed by atoms with Gasteiger partial charge >= 0.3 is 0 Å². The Morgan fingerprint density at radius 2 is 2.08 bits per heavy atom. The first-order valence-electron chi connectivity index (χ1n) is 4.70. The number of nitrogens with zero attached hydrogens (tertiary/aromatic N) is 2. The molecular weight excluding hydrogens is 162 g/mol. The van der Waals surface area contributed by atoms with E-state index < -0.39 is 0 Å². The molecule has 0 saturated heterocycles. The zero-order valence-electron chi connectivity index (χ0n) is 8.70. The second kappa shape index (κ2) is 2.35. The normalized spacial score (nSPS) is 30.5. The first kappa shape index (κ1) is 8.75. The average molecular weight is 179 g/mol. The molecule has 1 aromatic heterocycles. The summed E-state index contributed by atoms with van der Waals surface area (Å²) in [6.45, 7) is 6.53. The summed E-state index contributed by atoms with van der Waals surface area (Å²) in [4.78, 5) is 0. The number of aromatic nitrogens is 2. The molecule has 0 aliphatic heterocycles. The van der Waals surface area contributed by atoms with Crippen LogP contribution in [0.25, 0.3) is 0 Å². The lowest BCUT2D eigenvalue weighted by Crippen LogP contribution is -2.06. The quantitative estimate of drug-likeness (QED) is 0.703. The van der Waals surface area contributed by atoms with E-state index in [-0.39, 0.29) is 5.41 Å². The lowest BCUT2D eigenvalue weighted by molar-refractivity contribution is 0.598. The maximum atomic E-state index is 6.02. The summed E-state index contributed by atoms with van der Waals surface area (Å²) in [5.74, 6) is 0.501. The Labute approximate surface area is 78.9 Å². The molecule has 1 fully saturated rings. The predicted octanol–water partition coefficient (Wildman–Crippen LogP) is 1.18. The second-order valence-electron chi connectivity index (χ2n) is 4.63. The van der Waals surface area contributed by atoms with Crippen LogP contribution in [0, 0.1) is 12.3 Å². The van der Waals surface area contributed by atoms with Crippen molar-refractivity contribution in [2.24, 2.45) is 18.2 Å². The lowest BCUT2D eigenvalue weighted by atomic mass is 10.0. The monoisotopic (exact) mass is 179 g/mol. The van der Waals surface area contributed by atoms with Crippen molar-refractivity contribution in [1.29, 1.82) is 0 Å². The van der Waals surface area contributed by atoms with Crippen LogP contribution in [-0.2, 0) is 7.05 Å². The van der Waals surface area contributed by atoms with Crippen molar-refractivity contribution in [2.75, 3.05) is 0 Å². The van der Waals surface area contributed by atoms with E-state index in [1.165, 1.54) is 11.3 Å². The predicted molar refractivity (Wildman–Crippen MR) is 52.4 cm³/mol. The fraction of sp³-hybridized carbons (Fsp3) is 0.700. The highest BCUT2D eigenvalue weighted by Gasteiger charge is 2.57. The van der Waals surface area contributed by atoms with E-state index in [0.717, 1.165) is 0 Å². The standard InChI is InChI=1S/C10H17N3/c1-6-7(5-12-13(6)4)8-9(11)10(8,2)3/h5,8-9H,11H2,1-4H3/t8-,9-/m0/s1. The third-order valence-corrected chi connectivity index (χ3v) is 3.52. The van der Waals surface area contributed by atoms with Crippen LogP contribution in [0.1, 0.15) is 31.0 Å². The molecule has 1 aromatic rings. The summed E-state index contributed by atoms with van der Waals surface area (Å²) in [6, 6.07) is 0.301. The molecular formula is C10H17N3. The Bertz CT molecular complexity index is 338. The zero-order chi connectivity index (χ0) is 9.80. The average Bonchev–Trinajstić information content (AvgIpc) is 2.39. The van der Waals surface area contributed by atoms with Gasteiger partial charge in [-0.3, -0.25) is 4.68 Å². The third kappa shape index (κ3) is 1.03. The maximum Gasteiger partial charge on any atom is 0.0528 e. The molecule has 13 heavy (non-hydrogen) atoms. The number of aryl methyl sites for hydroxylation is 1. The molecule has 1 saturated carbocycles. The molecule has 1 aliphatic carbocycles. The summed E-state index contributed by atoms with van der Waals surface area (Å²) < 4.78 is 1.91. The van der Waals surface area contributed by atoms with Gasteiger partial charge in [0.2, 0.25) is 0 Å². The van der Waals surface area contributed by atoms with Crippen molar-refractivity contribution in [3.63, 3.8) is 0 Å². The molecule has 0 unspecified atom stereocenters. The van der Waals surface area contributed by atoms with Crippen molar-refractivity contribution in [3.8, 4) is 0 Å². The zero-order valence-corrected chi connectivity index (χ0v) is 8.70. The molecule has 1 aliphatic rings. The second-order valence-corrected chi connectivity index (χ2v) is 4.63. The van der Waals surface area contributed by atoms with Gasteiger partial charge in [0.15, 0.2) is 0 Å². The molecule has 0 spiro atoms. The molecule has 0 radical (unpaired) electrons. The highest BCUT2D eigenvalue weighted by atomic mass is 15.3. The third-order valence-electron chi connectivity index (χ3n) is 3.52. The van der Waals surface area contributed by atoms with Gasteiger partial charge in [-0.15, -0.1) is 0 Å². The van der Waals surface area contributed by atoms with E-state index in [4.69, 9.17) is 5.73 Å². The van der Waals surface area contributed by atoms with Gasteiger partial charge in [-0.1, -0.05) is 13.8 Å². The van der Waals surface area contributed by atoms with Crippen LogP contribution in [0.15, 0.2) is 6.20 Å². The summed E-state index contributed by atoms with van der Waals surface area (Å²) in [6.07, 6.45) is 1.95. The summed E-state index contributed by atoms with van der Waals surface area (Å²) in [5, 5.41) is 4.24. The SMILES string of the molecule is Cc1c([C@H]2[C@H](N)C2(C)C)cnn1C. The van der Waals surface area contributed by atoms with Crippen LogP contribution in [0.2, 0.25) is 0 Å².